The number of ether oxygens (including phenoxy) is 1. The third-order valence-corrected chi connectivity index (χ3v) is 2.77. The topological polar surface area (TPSA) is 75.6 Å². The zero-order valence-electron chi connectivity index (χ0n) is 12.1. The van der Waals surface area contributed by atoms with Crippen LogP contribution in [0.5, 0.6) is 0 Å². The van der Waals surface area contributed by atoms with Crippen LogP contribution in [-0.4, -0.2) is 29.7 Å². The Morgan fingerprint density at radius 3 is 2.43 bits per heavy atom. The molecule has 0 radical (unpaired) electrons. The molecule has 0 aliphatic heterocycles. The van der Waals surface area contributed by atoms with Gasteiger partial charge in [-0.2, -0.15) is 0 Å². The van der Waals surface area contributed by atoms with Crippen LogP contribution in [0.4, 0.5) is 4.39 Å². The van der Waals surface area contributed by atoms with Crippen molar-refractivity contribution in [1.29, 1.82) is 0 Å². The first-order valence-electron chi connectivity index (χ1n) is 6.76. The molecule has 21 heavy (non-hydrogen) atoms. The van der Waals surface area contributed by atoms with Crippen LogP contribution in [0.1, 0.15) is 38.3 Å². The molecule has 0 fully saturated rings. The van der Waals surface area contributed by atoms with E-state index in [9.17, 15) is 14.0 Å². The molecule has 5 nitrogen and oxygen atoms in total. The summed E-state index contributed by atoms with van der Waals surface area (Å²) in [5.41, 5.74) is 0.553. The van der Waals surface area contributed by atoms with E-state index in [-0.39, 0.29) is 31.5 Å². The molecule has 0 saturated heterocycles. The summed E-state index contributed by atoms with van der Waals surface area (Å²) in [5, 5.41) is 11.5. The first kappa shape index (κ1) is 17.1. The third kappa shape index (κ3) is 6.85. The second kappa shape index (κ2) is 8.36. The monoisotopic (exact) mass is 297 g/mol. The van der Waals surface area contributed by atoms with Crippen molar-refractivity contribution < 1.29 is 23.8 Å². The van der Waals surface area contributed by atoms with Gasteiger partial charge in [-0.25, -0.2) is 4.39 Å². The minimum Gasteiger partial charge on any atom is -0.481 e. The lowest BCUT2D eigenvalue weighted by atomic mass is 10.0. The van der Waals surface area contributed by atoms with E-state index in [1.165, 1.54) is 24.3 Å². The largest absolute Gasteiger partial charge is 0.481 e. The van der Waals surface area contributed by atoms with Crippen LogP contribution < -0.4 is 5.32 Å². The van der Waals surface area contributed by atoms with Gasteiger partial charge in [-0.15, -0.1) is 0 Å². The SMILES string of the molecule is CC(C)OCCC(=O)NC(CC(=O)O)c1ccc(F)cc1. The van der Waals surface area contributed by atoms with E-state index in [4.69, 9.17) is 9.84 Å². The van der Waals surface area contributed by atoms with Crippen LogP contribution in [0.15, 0.2) is 24.3 Å². The second-order valence-corrected chi connectivity index (χ2v) is 4.94. The molecule has 0 spiro atoms. The first-order valence-corrected chi connectivity index (χ1v) is 6.76. The average molecular weight is 297 g/mol. The van der Waals surface area contributed by atoms with Crippen molar-refractivity contribution in [2.75, 3.05) is 6.61 Å². The molecule has 1 unspecified atom stereocenters. The highest BCUT2D eigenvalue weighted by atomic mass is 19.1. The molecule has 0 aromatic heterocycles. The molecule has 1 rings (SSSR count). The highest BCUT2D eigenvalue weighted by Crippen LogP contribution is 2.17. The Labute approximate surface area is 123 Å². The summed E-state index contributed by atoms with van der Waals surface area (Å²) in [6.45, 7) is 4.00. The van der Waals surface area contributed by atoms with Crippen LogP contribution in [0, 0.1) is 5.82 Å². The molecular formula is C15H20FNO4. The molecule has 1 amide bonds. The molecule has 1 aromatic carbocycles. The molecule has 0 saturated carbocycles. The average Bonchev–Trinajstić information content (AvgIpc) is 2.37. The molecule has 1 aromatic rings. The Balaban J connectivity index is 2.63. The summed E-state index contributed by atoms with van der Waals surface area (Å²) >= 11 is 0. The third-order valence-electron chi connectivity index (χ3n) is 2.77. The van der Waals surface area contributed by atoms with Gasteiger partial charge in [0.2, 0.25) is 5.91 Å². The van der Waals surface area contributed by atoms with E-state index in [1.807, 2.05) is 13.8 Å². The van der Waals surface area contributed by atoms with Gasteiger partial charge in [0.25, 0.3) is 0 Å². The van der Waals surface area contributed by atoms with Gasteiger partial charge in [-0.1, -0.05) is 12.1 Å². The minimum atomic E-state index is -1.04. The van der Waals surface area contributed by atoms with Gasteiger partial charge in [-0.3, -0.25) is 9.59 Å². The van der Waals surface area contributed by atoms with Crippen molar-refractivity contribution in [3.63, 3.8) is 0 Å². The van der Waals surface area contributed by atoms with E-state index in [2.05, 4.69) is 5.32 Å². The highest BCUT2D eigenvalue weighted by molar-refractivity contribution is 5.77. The summed E-state index contributed by atoms with van der Waals surface area (Å²) in [5.74, 6) is -1.75. The lowest BCUT2D eigenvalue weighted by Crippen LogP contribution is -2.31. The number of hydrogen-bond acceptors (Lipinski definition) is 3. The second-order valence-electron chi connectivity index (χ2n) is 4.94. The van der Waals surface area contributed by atoms with Crippen molar-refractivity contribution in [3.8, 4) is 0 Å². The summed E-state index contributed by atoms with van der Waals surface area (Å²) in [4.78, 5) is 22.7. The van der Waals surface area contributed by atoms with Crippen LogP contribution in [0.25, 0.3) is 0 Å². The number of aliphatic carboxylic acids is 1. The lowest BCUT2D eigenvalue weighted by Gasteiger charge is -2.17. The number of carboxylic acids is 1. The molecule has 0 bridgehead atoms. The molecule has 0 aliphatic carbocycles. The predicted octanol–water partition coefficient (Wildman–Crippen LogP) is 2.27. The fourth-order valence-corrected chi connectivity index (χ4v) is 1.78. The van der Waals surface area contributed by atoms with Crippen molar-refractivity contribution in [2.24, 2.45) is 0 Å². The standard InChI is InChI=1S/C15H20FNO4/c1-10(2)21-8-7-14(18)17-13(9-15(19)20)11-3-5-12(16)6-4-11/h3-6,10,13H,7-9H2,1-2H3,(H,17,18)(H,19,20). The van der Waals surface area contributed by atoms with E-state index >= 15 is 0 Å². The van der Waals surface area contributed by atoms with Gasteiger partial charge in [0, 0.05) is 6.42 Å². The summed E-state index contributed by atoms with van der Waals surface area (Å²) in [6, 6.07) is 4.72. The van der Waals surface area contributed by atoms with Gasteiger partial charge in [0.05, 0.1) is 25.2 Å². The summed E-state index contributed by atoms with van der Waals surface area (Å²) < 4.78 is 18.2. The van der Waals surface area contributed by atoms with Gasteiger partial charge < -0.3 is 15.2 Å². The van der Waals surface area contributed by atoms with Crippen LogP contribution in [-0.2, 0) is 14.3 Å². The highest BCUT2D eigenvalue weighted by Gasteiger charge is 2.18. The maximum Gasteiger partial charge on any atom is 0.305 e. The number of amides is 1. The minimum absolute atomic E-state index is 0.0321. The first-order chi connectivity index (χ1) is 9.88. The maximum absolute atomic E-state index is 12.9. The van der Waals surface area contributed by atoms with Crippen molar-refractivity contribution in [2.45, 2.75) is 38.8 Å². The van der Waals surface area contributed by atoms with Crippen molar-refractivity contribution in [3.05, 3.63) is 35.6 Å². The Kier molecular flexibility index (Phi) is 6.81. The summed E-state index contributed by atoms with van der Waals surface area (Å²) in [6.07, 6.45) is -0.0810. The van der Waals surface area contributed by atoms with Crippen LogP contribution >= 0.6 is 0 Å². The number of nitrogens with one attached hydrogen (secondary N) is 1. The quantitative estimate of drug-likeness (QED) is 0.772. The van der Waals surface area contributed by atoms with Crippen LogP contribution in [0.2, 0.25) is 0 Å². The van der Waals surface area contributed by atoms with E-state index in [0.717, 1.165) is 0 Å². The molecular weight excluding hydrogens is 277 g/mol. The Bertz CT molecular complexity index is 473. The van der Waals surface area contributed by atoms with Gasteiger partial charge in [-0.05, 0) is 31.5 Å². The molecule has 6 heteroatoms. The van der Waals surface area contributed by atoms with Gasteiger partial charge in [0.1, 0.15) is 5.82 Å². The van der Waals surface area contributed by atoms with E-state index < -0.39 is 17.8 Å². The molecule has 1 atom stereocenters. The molecule has 116 valence electrons. The number of benzene rings is 1. The smallest absolute Gasteiger partial charge is 0.305 e. The van der Waals surface area contributed by atoms with Crippen molar-refractivity contribution in [1.82, 2.24) is 5.32 Å². The molecule has 2 N–H and O–H groups in total. The van der Waals surface area contributed by atoms with Crippen LogP contribution in [0.3, 0.4) is 0 Å². The number of carbonyl (C=O) groups is 2. The Hall–Kier alpha value is -1.95. The predicted molar refractivity (Wildman–Crippen MR) is 75.2 cm³/mol. The number of carbonyl (C=O) groups excluding carboxylic acids is 1. The fourth-order valence-electron chi connectivity index (χ4n) is 1.78. The molecule has 0 heterocycles. The summed E-state index contributed by atoms with van der Waals surface area (Å²) in [7, 11) is 0. The zero-order chi connectivity index (χ0) is 15.8. The lowest BCUT2D eigenvalue weighted by molar-refractivity contribution is -0.137. The normalized spacial score (nSPS) is 12.2. The Morgan fingerprint density at radius 1 is 1.29 bits per heavy atom. The number of carboxylic acid groups (broad SMARTS) is 1. The fraction of sp³-hybridized carbons (Fsp3) is 0.467. The zero-order valence-corrected chi connectivity index (χ0v) is 12.1. The maximum atomic E-state index is 12.9. The van der Waals surface area contributed by atoms with Gasteiger partial charge >= 0.3 is 5.97 Å². The number of hydrogen-bond donors (Lipinski definition) is 2. The molecule has 0 aliphatic rings. The van der Waals surface area contributed by atoms with E-state index in [0.29, 0.717) is 5.56 Å². The van der Waals surface area contributed by atoms with E-state index in [1.54, 1.807) is 0 Å². The Morgan fingerprint density at radius 2 is 1.90 bits per heavy atom. The number of halogens is 1. The number of rotatable bonds is 8. The van der Waals surface area contributed by atoms with Gasteiger partial charge in [0.15, 0.2) is 0 Å². The van der Waals surface area contributed by atoms with Crippen molar-refractivity contribution >= 4 is 11.9 Å².